The third kappa shape index (κ3) is 6.65. The Hall–Kier alpha value is -3.72. The summed E-state index contributed by atoms with van der Waals surface area (Å²) in [4.78, 5) is 31.4. The molecule has 2 aromatic carbocycles. The molecule has 0 atom stereocenters. The summed E-state index contributed by atoms with van der Waals surface area (Å²) in [6.07, 6.45) is 2.51. The number of pyridine rings is 1. The van der Waals surface area contributed by atoms with Crippen molar-refractivity contribution in [3.63, 3.8) is 0 Å². The van der Waals surface area contributed by atoms with E-state index in [9.17, 15) is 9.59 Å². The summed E-state index contributed by atoms with van der Waals surface area (Å²) in [6, 6.07) is 11.6. The van der Waals surface area contributed by atoms with Gasteiger partial charge >= 0.3 is 0 Å². The fourth-order valence-corrected chi connectivity index (χ4v) is 5.05. The van der Waals surface area contributed by atoms with Gasteiger partial charge in [-0.25, -0.2) is 0 Å². The number of anilines is 1. The second-order valence-electron chi connectivity index (χ2n) is 10.3. The number of rotatable bonds is 11. The molecule has 0 unspecified atom stereocenters. The number of carbonyl (C=O) groups excluding carboxylic acids is 1. The van der Waals surface area contributed by atoms with Crippen LogP contribution in [0, 0.1) is 5.92 Å². The van der Waals surface area contributed by atoms with E-state index < -0.39 is 0 Å². The average Bonchev–Trinajstić information content (AvgIpc) is 2.96. The molecule has 4 rings (SSSR count). The minimum absolute atomic E-state index is 0.148. The van der Waals surface area contributed by atoms with Crippen molar-refractivity contribution in [2.24, 2.45) is 5.92 Å². The van der Waals surface area contributed by atoms with E-state index in [1.165, 1.54) is 12.8 Å². The summed E-state index contributed by atoms with van der Waals surface area (Å²) >= 11 is 0. The monoisotopic (exact) mass is 536 g/mol. The Kier molecular flexibility index (Phi) is 9.35. The highest BCUT2D eigenvalue weighted by molar-refractivity contribution is 6.07. The highest BCUT2D eigenvalue weighted by atomic mass is 16.5. The van der Waals surface area contributed by atoms with E-state index in [0.29, 0.717) is 40.9 Å². The van der Waals surface area contributed by atoms with Gasteiger partial charge < -0.3 is 29.0 Å². The molecule has 1 N–H and O–H groups in total. The zero-order valence-electron chi connectivity index (χ0n) is 23.7. The maximum atomic E-state index is 13.3. The fourth-order valence-electron chi connectivity index (χ4n) is 5.05. The van der Waals surface area contributed by atoms with Crippen LogP contribution in [0.5, 0.6) is 17.2 Å². The second-order valence-corrected chi connectivity index (χ2v) is 10.3. The first kappa shape index (κ1) is 28.3. The van der Waals surface area contributed by atoms with Gasteiger partial charge in [0.1, 0.15) is 5.75 Å². The Balaban J connectivity index is 1.38. The first-order chi connectivity index (χ1) is 18.8. The normalized spacial score (nSPS) is 14.1. The van der Waals surface area contributed by atoms with Crippen LogP contribution >= 0.6 is 0 Å². The predicted octanol–water partition coefficient (Wildman–Crippen LogP) is 3.63. The van der Waals surface area contributed by atoms with Gasteiger partial charge in [-0.3, -0.25) is 14.5 Å². The number of ether oxygens (including phenoxy) is 3. The third-order valence-electron chi connectivity index (χ3n) is 7.14. The fraction of sp³-hybridized carbons (Fsp3) is 0.467. The molecular weight excluding hydrogens is 496 g/mol. The molecule has 1 fully saturated rings. The number of methoxy groups -OCH3 is 3. The molecule has 2 heterocycles. The van der Waals surface area contributed by atoms with Crippen molar-refractivity contribution >= 4 is 22.4 Å². The molecule has 1 aliphatic rings. The molecule has 1 aliphatic heterocycles. The number of carbonyl (C=O) groups is 1. The molecule has 1 amide bonds. The standard InChI is InChI=1S/C30H40N4O5/c1-21(2)19-34-20-26(24-17-27(38-4)28(39-5)18-25(24)30(34)36)29(35)31-11-6-12-32-13-15-33(16-14-32)22-7-9-23(37-3)10-8-22/h7-10,17-18,20-21H,6,11-16,19H2,1-5H3,(H,31,35). The van der Waals surface area contributed by atoms with Crippen molar-refractivity contribution in [2.75, 3.05) is 65.5 Å². The Morgan fingerprint density at radius 2 is 1.56 bits per heavy atom. The summed E-state index contributed by atoms with van der Waals surface area (Å²) in [5.41, 5.74) is 1.52. The van der Waals surface area contributed by atoms with Gasteiger partial charge in [-0.15, -0.1) is 0 Å². The number of fused-ring (bicyclic) bond motifs is 1. The van der Waals surface area contributed by atoms with Crippen LogP contribution in [0.4, 0.5) is 5.69 Å². The lowest BCUT2D eigenvalue weighted by atomic mass is 10.0. The van der Waals surface area contributed by atoms with Crippen LogP contribution in [-0.4, -0.2) is 76.0 Å². The minimum atomic E-state index is -0.200. The molecule has 3 aromatic rings. The first-order valence-electron chi connectivity index (χ1n) is 13.5. The van der Waals surface area contributed by atoms with Gasteiger partial charge in [-0.05, 0) is 55.3 Å². The molecule has 0 radical (unpaired) electrons. The van der Waals surface area contributed by atoms with Crippen molar-refractivity contribution in [3.8, 4) is 17.2 Å². The molecule has 1 aromatic heterocycles. The Morgan fingerprint density at radius 3 is 2.15 bits per heavy atom. The van der Waals surface area contributed by atoms with E-state index in [2.05, 4.69) is 27.2 Å². The molecule has 0 saturated carbocycles. The minimum Gasteiger partial charge on any atom is -0.497 e. The number of nitrogens with one attached hydrogen (secondary N) is 1. The van der Waals surface area contributed by atoms with E-state index in [1.807, 2.05) is 26.0 Å². The van der Waals surface area contributed by atoms with Crippen LogP contribution in [0.25, 0.3) is 10.8 Å². The van der Waals surface area contributed by atoms with Crippen LogP contribution < -0.4 is 30.0 Å². The van der Waals surface area contributed by atoms with Crippen LogP contribution in [0.3, 0.4) is 0 Å². The van der Waals surface area contributed by atoms with Gasteiger partial charge in [0.15, 0.2) is 11.5 Å². The molecule has 9 heteroatoms. The molecule has 0 spiro atoms. The highest BCUT2D eigenvalue weighted by Crippen LogP contribution is 2.32. The van der Waals surface area contributed by atoms with Gasteiger partial charge in [0.25, 0.3) is 11.5 Å². The van der Waals surface area contributed by atoms with Crippen LogP contribution in [-0.2, 0) is 6.54 Å². The number of amides is 1. The van der Waals surface area contributed by atoms with Crippen molar-refractivity contribution in [1.29, 1.82) is 0 Å². The number of hydrogen-bond acceptors (Lipinski definition) is 7. The van der Waals surface area contributed by atoms with Gasteiger partial charge in [0, 0.05) is 56.5 Å². The maximum absolute atomic E-state index is 13.3. The zero-order chi connectivity index (χ0) is 27.9. The van der Waals surface area contributed by atoms with Crippen molar-refractivity contribution in [1.82, 2.24) is 14.8 Å². The SMILES string of the molecule is COc1ccc(N2CCN(CCCNC(=O)c3cn(CC(C)C)c(=O)c4cc(OC)c(OC)cc34)CC2)cc1. The number of benzene rings is 2. The van der Waals surface area contributed by atoms with Crippen molar-refractivity contribution < 1.29 is 19.0 Å². The molecule has 39 heavy (non-hydrogen) atoms. The lowest BCUT2D eigenvalue weighted by molar-refractivity contribution is 0.0952. The Morgan fingerprint density at radius 1 is 0.923 bits per heavy atom. The van der Waals surface area contributed by atoms with Crippen LogP contribution in [0.15, 0.2) is 47.4 Å². The summed E-state index contributed by atoms with van der Waals surface area (Å²) in [6.45, 7) is 9.96. The molecule has 9 nitrogen and oxygen atoms in total. The summed E-state index contributed by atoms with van der Waals surface area (Å²) in [7, 11) is 4.75. The summed E-state index contributed by atoms with van der Waals surface area (Å²) in [5, 5.41) is 4.07. The van der Waals surface area contributed by atoms with Crippen LogP contribution in [0.2, 0.25) is 0 Å². The highest BCUT2D eigenvalue weighted by Gasteiger charge is 2.20. The second kappa shape index (κ2) is 12.9. The van der Waals surface area contributed by atoms with E-state index >= 15 is 0 Å². The summed E-state index contributed by atoms with van der Waals surface area (Å²) in [5.74, 6) is 1.86. The number of hydrogen-bond donors (Lipinski definition) is 1. The Bertz CT molecular complexity index is 1330. The number of nitrogens with zero attached hydrogens (tertiary/aromatic N) is 3. The smallest absolute Gasteiger partial charge is 0.258 e. The number of piperazine rings is 1. The van der Waals surface area contributed by atoms with E-state index in [4.69, 9.17) is 14.2 Å². The molecule has 210 valence electrons. The quantitative estimate of drug-likeness (QED) is 0.375. The zero-order valence-corrected chi connectivity index (χ0v) is 23.7. The molecular formula is C30H40N4O5. The summed E-state index contributed by atoms with van der Waals surface area (Å²) < 4.78 is 17.7. The lowest BCUT2D eigenvalue weighted by Gasteiger charge is -2.36. The Labute approximate surface area is 230 Å². The van der Waals surface area contributed by atoms with Gasteiger partial charge in [-0.2, -0.15) is 0 Å². The van der Waals surface area contributed by atoms with Gasteiger partial charge in [0.05, 0.1) is 32.3 Å². The van der Waals surface area contributed by atoms with E-state index in [-0.39, 0.29) is 17.4 Å². The maximum Gasteiger partial charge on any atom is 0.258 e. The molecule has 0 aliphatic carbocycles. The van der Waals surface area contributed by atoms with Crippen molar-refractivity contribution in [3.05, 3.63) is 58.5 Å². The van der Waals surface area contributed by atoms with Gasteiger partial charge in [-0.1, -0.05) is 13.8 Å². The molecule has 0 bridgehead atoms. The van der Waals surface area contributed by atoms with E-state index in [0.717, 1.165) is 44.9 Å². The van der Waals surface area contributed by atoms with E-state index in [1.54, 1.807) is 37.1 Å². The predicted molar refractivity (Wildman–Crippen MR) is 155 cm³/mol. The first-order valence-corrected chi connectivity index (χ1v) is 13.5. The topological polar surface area (TPSA) is 85.3 Å². The lowest BCUT2D eigenvalue weighted by Crippen LogP contribution is -2.47. The largest absolute Gasteiger partial charge is 0.497 e. The average molecular weight is 537 g/mol. The molecule has 1 saturated heterocycles. The third-order valence-corrected chi connectivity index (χ3v) is 7.14. The number of aromatic nitrogens is 1. The van der Waals surface area contributed by atoms with Crippen molar-refractivity contribution in [2.45, 2.75) is 26.8 Å². The van der Waals surface area contributed by atoms with Gasteiger partial charge in [0.2, 0.25) is 0 Å². The van der Waals surface area contributed by atoms with Crippen LogP contribution in [0.1, 0.15) is 30.6 Å².